The van der Waals surface area contributed by atoms with Crippen LogP contribution in [-0.2, 0) is 11.3 Å². The van der Waals surface area contributed by atoms with Gasteiger partial charge in [-0.05, 0) is 17.7 Å². The average molecular weight is 260 g/mol. The minimum atomic E-state index is 0.159. The number of methoxy groups -OCH3 is 1. The van der Waals surface area contributed by atoms with Crippen molar-refractivity contribution in [2.45, 2.75) is 6.54 Å². The first kappa shape index (κ1) is 13.9. The molecule has 19 heavy (non-hydrogen) atoms. The number of aromatic nitrogens is 1. The van der Waals surface area contributed by atoms with Crippen molar-refractivity contribution in [1.29, 1.82) is 0 Å². The number of para-hydroxylation sites is 1. The molecular weight excluding hydrogens is 240 g/mol. The summed E-state index contributed by atoms with van der Waals surface area (Å²) in [7, 11) is 1.69. The van der Waals surface area contributed by atoms with Gasteiger partial charge in [0.25, 0.3) is 0 Å². The van der Waals surface area contributed by atoms with E-state index in [1.54, 1.807) is 7.11 Å². The highest BCUT2D eigenvalue weighted by Gasteiger charge is 2.08. The van der Waals surface area contributed by atoms with Gasteiger partial charge in [-0.25, -0.2) is 0 Å². The Kier molecular flexibility index (Phi) is 5.27. The second-order valence-electron chi connectivity index (χ2n) is 4.48. The maximum atomic E-state index is 9.13. The molecule has 2 aromatic rings. The summed E-state index contributed by atoms with van der Waals surface area (Å²) >= 11 is 0. The second-order valence-corrected chi connectivity index (χ2v) is 4.48. The largest absolute Gasteiger partial charge is 0.395 e. The summed E-state index contributed by atoms with van der Waals surface area (Å²) in [5.74, 6) is 0. The van der Waals surface area contributed by atoms with Crippen LogP contribution in [0.1, 0.15) is 5.56 Å². The van der Waals surface area contributed by atoms with Gasteiger partial charge in [-0.1, -0.05) is 18.2 Å². The van der Waals surface area contributed by atoms with Gasteiger partial charge in [0, 0.05) is 38.3 Å². The van der Waals surface area contributed by atoms with E-state index in [1.165, 1.54) is 10.9 Å². The first-order chi connectivity index (χ1) is 9.35. The highest BCUT2D eigenvalue weighted by molar-refractivity contribution is 5.81. The van der Waals surface area contributed by atoms with Crippen LogP contribution in [0.4, 0.5) is 0 Å². The van der Waals surface area contributed by atoms with E-state index in [9.17, 15) is 0 Å². The molecule has 0 atom stereocenters. The van der Waals surface area contributed by atoms with Crippen LogP contribution in [0.2, 0.25) is 0 Å². The molecule has 1 heterocycles. The third-order valence-electron chi connectivity index (χ3n) is 3.16. The SMILES string of the molecule is COCCN(CCO)Cc1ccnc2ccccc12. The van der Waals surface area contributed by atoms with Gasteiger partial charge in [0.1, 0.15) is 0 Å². The zero-order chi connectivity index (χ0) is 13.5. The molecule has 2 rings (SSSR count). The van der Waals surface area contributed by atoms with Crippen molar-refractivity contribution >= 4 is 10.9 Å². The molecule has 0 radical (unpaired) electrons. The number of fused-ring (bicyclic) bond motifs is 1. The summed E-state index contributed by atoms with van der Waals surface area (Å²) in [4.78, 5) is 6.55. The van der Waals surface area contributed by atoms with Crippen LogP contribution in [0.15, 0.2) is 36.5 Å². The summed E-state index contributed by atoms with van der Waals surface area (Å²) in [6.45, 7) is 3.09. The lowest BCUT2D eigenvalue weighted by atomic mass is 10.1. The smallest absolute Gasteiger partial charge is 0.0705 e. The number of hydrogen-bond donors (Lipinski definition) is 1. The summed E-state index contributed by atoms with van der Waals surface area (Å²) in [5.41, 5.74) is 2.24. The predicted octanol–water partition coefficient (Wildman–Crippen LogP) is 1.68. The number of pyridine rings is 1. The summed E-state index contributed by atoms with van der Waals surface area (Å²) in [6, 6.07) is 10.2. The molecule has 0 saturated carbocycles. The predicted molar refractivity (Wildman–Crippen MR) is 76.0 cm³/mol. The van der Waals surface area contributed by atoms with Gasteiger partial charge in [0.15, 0.2) is 0 Å². The molecule has 0 aliphatic heterocycles. The van der Waals surface area contributed by atoms with Gasteiger partial charge >= 0.3 is 0 Å². The zero-order valence-corrected chi connectivity index (χ0v) is 11.2. The first-order valence-corrected chi connectivity index (χ1v) is 6.50. The van der Waals surface area contributed by atoms with Gasteiger partial charge in [-0.3, -0.25) is 9.88 Å². The molecule has 1 aromatic heterocycles. The number of ether oxygens (including phenoxy) is 1. The van der Waals surface area contributed by atoms with Crippen LogP contribution in [0, 0.1) is 0 Å². The van der Waals surface area contributed by atoms with Crippen LogP contribution >= 0.6 is 0 Å². The van der Waals surface area contributed by atoms with Crippen LogP contribution in [-0.4, -0.2) is 48.4 Å². The minimum absolute atomic E-state index is 0.159. The number of hydrogen-bond acceptors (Lipinski definition) is 4. The van der Waals surface area contributed by atoms with Crippen molar-refractivity contribution in [1.82, 2.24) is 9.88 Å². The molecule has 0 bridgehead atoms. The summed E-state index contributed by atoms with van der Waals surface area (Å²) in [6.07, 6.45) is 1.84. The van der Waals surface area contributed by atoms with E-state index >= 15 is 0 Å². The molecule has 0 unspecified atom stereocenters. The monoisotopic (exact) mass is 260 g/mol. The third kappa shape index (κ3) is 3.73. The second kappa shape index (κ2) is 7.19. The molecule has 0 aliphatic rings. The van der Waals surface area contributed by atoms with Crippen molar-refractivity contribution in [2.75, 3.05) is 33.4 Å². The first-order valence-electron chi connectivity index (χ1n) is 6.50. The van der Waals surface area contributed by atoms with E-state index in [2.05, 4.69) is 16.0 Å². The number of nitrogens with zero attached hydrogens (tertiary/aromatic N) is 2. The average Bonchev–Trinajstić information content (AvgIpc) is 2.45. The third-order valence-corrected chi connectivity index (χ3v) is 3.16. The van der Waals surface area contributed by atoms with E-state index in [-0.39, 0.29) is 6.61 Å². The number of aliphatic hydroxyl groups excluding tert-OH is 1. The van der Waals surface area contributed by atoms with Gasteiger partial charge in [-0.2, -0.15) is 0 Å². The standard InChI is InChI=1S/C15H20N2O2/c1-19-11-9-17(8-10-18)12-13-6-7-16-15-5-3-2-4-14(13)15/h2-7,18H,8-12H2,1H3. The maximum Gasteiger partial charge on any atom is 0.0705 e. The van der Waals surface area contributed by atoms with Crippen molar-refractivity contribution in [3.05, 3.63) is 42.1 Å². The Bertz CT molecular complexity index is 511. The van der Waals surface area contributed by atoms with Gasteiger partial charge in [0.2, 0.25) is 0 Å². The number of benzene rings is 1. The highest BCUT2D eigenvalue weighted by atomic mass is 16.5. The fourth-order valence-electron chi connectivity index (χ4n) is 2.17. The quantitative estimate of drug-likeness (QED) is 0.822. The van der Waals surface area contributed by atoms with Crippen LogP contribution in [0.3, 0.4) is 0 Å². The number of aliphatic hydroxyl groups is 1. The lowest BCUT2D eigenvalue weighted by Gasteiger charge is -2.21. The molecule has 4 heteroatoms. The topological polar surface area (TPSA) is 45.6 Å². The van der Waals surface area contributed by atoms with E-state index in [0.717, 1.165) is 18.6 Å². The van der Waals surface area contributed by atoms with Crippen molar-refractivity contribution < 1.29 is 9.84 Å². The Balaban J connectivity index is 2.18. The lowest BCUT2D eigenvalue weighted by molar-refractivity contribution is 0.127. The molecule has 0 saturated heterocycles. The molecule has 0 spiro atoms. The van der Waals surface area contributed by atoms with Crippen molar-refractivity contribution in [3.63, 3.8) is 0 Å². The fourth-order valence-corrected chi connectivity index (χ4v) is 2.17. The molecular formula is C15H20N2O2. The van der Waals surface area contributed by atoms with Gasteiger partial charge < -0.3 is 9.84 Å². The Hall–Kier alpha value is -1.49. The fraction of sp³-hybridized carbons (Fsp3) is 0.400. The normalized spacial score (nSPS) is 11.3. The van der Waals surface area contributed by atoms with Crippen LogP contribution in [0.5, 0.6) is 0 Å². The minimum Gasteiger partial charge on any atom is -0.395 e. The summed E-state index contributed by atoms with van der Waals surface area (Å²) < 4.78 is 5.11. The zero-order valence-electron chi connectivity index (χ0n) is 11.2. The summed E-state index contributed by atoms with van der Waals surface area (Å²) in [5, 5.41) is 10.3. The number of rotatable bonds is 7. The molecule has 1 aromatic carbocycles. The van der Waals surface area contributed by atoms with Crippen LogP contribution < -0.4 is 0 Å². The molecule has 0 fully saturated rings. The van der Waals surface area contributed by atoms with Gasteiger partial charge in [0.05, 0.1) is 18.7 Å². The van der Waals surface area contributed by atoms with E-state index < -0.39 is 0 Å². The molecule has 102 valence electrons. The van der Waals surface area contributed by atoms with Crippen molar-refractivity contribution in [3.8, 4) is 0 Å². The Labute approximate surface area is 113 Å². The van der Waals surface area contributed by atoms with E-state index in [1.807, 2.05) is 30.5 Å². The van der Waals surface area contributed by atoms with Crippen molar-refractivity contribution in [2.24, 2.45) is 0 Å². The maximum absolute atomic E-state index is 9.13. The molecule has 1 N–H and O–H groups in total. The van der Waals surface area contributed by atoms with Crippen LogP contribution in [0.25, 0.3) is 10.9 Å². The molecule has 0 aliphatic carbocycles. The van der Waals surface area contributed by atoms with E-state index in [0.29, 0.717) is 13.2 Å². The van der Waals surface area contributed by atoms with Gasteiger partial charge in [-0.15, -0.1) is 0 Å². The Morgan fingerprint density at radius 2 is 2.05 bits per heavy atom. The lowest BCUT2D eigenvalue weighted by Crippen LogP contribution is -2.29. The Morgan fingerprint density at radius 1 is 1.21 bits per heavy atom. The Morgan fingerprint density at radius 3 is 2.84 bits per heavy atom. The molecule has 0 amide bonds. The molecule has 4 nitrogen and oxygen atoms in total. The van der Waals surface area contributed by atoms with E-state index in [4.69, 9.17) is 9.84 Å². The highest BCUT2D eigenvalue weighted by Crippen LogP contribution is 2.17.